The molecule has 0 radical (unpaired) electrons. The van der Waals surface area contributed by atoms with Gasteiger partial charge >= 0.3 is 0 Å². The van der Waals surface area contributed by atoms with E-state index in [9.17, 15) is 0 Å². The van der Waals surface area contributed by atoms with E-state index in [2.05, 4.69) is 19.2 Å². The van der Waals surface area contributed by atoms with Crippen molar-refractivity contribution in [1.82, 2.24) is 9.97 Å². The summed E-state index contributed by atoms with van der Waals surface area (Å²) in [5.41, 5.74) is 2.75. The molecule has 2 unspecified atom stereocenters. The number of aryl methyl sites for hydroxylation is 1. The van der Waals surface area contributed by atoms with Crippen molar-refractivity contribution in [2.45, 2.75) is 77.6 Å². The number of nitrogens with zero attached hydrogens (tertiary/aromatic N) is 2. The van der Waals surface area contributed by atoms with Crippen LogP contribution < -0.4 is 5.32 Å². The van der Waals surface area contributed by atoms with E-state index < -0.39 is 0 Å². The molecule has 1 N–H and O–H groups in total. The molecule has 1 saturated carbocycles. The first-order chi connectivity index (χ1) is 10.3. The van der Waals surface area contributed by atoms with Gasteiger partial charge in [0.1, 0.15) is 11.6 Å². The highest BCUT2D eigenvalue weighted by atomic mass is 15.0. The topological polar surface area (TPSA) is 37.8 Å². The van der Waals surface area contributed by atoms with E-state index in [0.717, 1.165) is 36.9 Å². The molecule has 3 nitrogen and oxygen atoms in total. The number of aromatic nitrogens is 2. The first-order valence-electron chi connectivity index (χ1n) is 8.95. The second-order valence-corrected chi connectivity index (χ2v) is 6.73. The van der Waals surface area contributed by atoms with Gasteiger partial charge < -0.3 is 5.32 Å². The number of rotatable bonds is 4. The van der Waals surface area contributed by atoms with Crippen molar-refractivity contribution in [3.8, 4) is 0 Å². The molecule has 1 aromatic heterocycles. The quantitative estimate of drug-likeness (QED) is 0.830. The lowest BCUT2D eigenvalue weighted by atomic mass is 10.0. The Morgan fingerprint density at radius 3 is 2.67 bits per heavy atom. The molecule has 1 heterocycles. The van der Waals surface area contributed by atoms with Crippen LogP contribution in [-0.2, 0) is 12.8 Å². The Hall–Kier alpha value is -1.12. The molecule has 0 aliphatic heterocycles. The molecule has 3 heteroatoms. The third-order valence-corrected chi connectivity index (χ3v) is 5.28. The predicted molar refractivity (Wildman–Crippen MR) is 87.8 cm³/mol. The van der Waals surface area contributed by atoms with Crippen molar-refractivity contribution in [2.75, 3.05) is 11.9 Å². The third kappa shape index (κ3) is 3.22. The number of nitrogens with one attached hydrogen (secondary N) is 1. The minimum Gasteiger partial charge on any atom is -0.370 e. The van der Waals surface area contributed by atoms with Gasteiger partial charge in [-0.3, -0.25) is 0 Å². The molecule has 0 saturated heterocycles. The summed E-state index contributed by atoms with van der Waals surface area (Å²) in [6.07, 6.45) is 11.4. The number of hydrogen-bond donors (Lipinski definition) is 1. The lowest BCUT2D eigenvalue weighted by molar-refractivity contribution is 0.516. The van der Waals surface area contributed by atoms with Gasteiger partial charge in [-0.2, -0.15) is 0 Å². The van der Waals surface area contributed by atoms with Gasteiger partial charge in [0.15, 0.2) is 0 Å². The Balaban J connectivity index is 1.91. The molecule has 0 amide bonds. The molecule has 2 aliphatic rings. The van der Waals surface area contributed by atoms with E-state index in [0.29, 0.717) is 5.92 Å². The van der Waals surface area contributed by atoms with Gasteiger partial charge in [-0.05, 0) is 57.8 Å². The minimum atomic E-state index is 0.598. The Labute approximate surface area is 129 Å². The van der Waals surface area contributed by atoms with Crippen molar-refractivity contribution < 1.29 is 0 Å². The second kappa shape index (κ2) is 6.76. The van der Waals surface area contributed by atoms with Crippen molar-refractivity contribution in [2.24, 2.45) is 5.92 Å². The number of hydrogen-bond acceptors (Lipinski definition) is 3. The molecule has 0 aromatic carbocycles. The lowest BCUT2D eigenvalue weighted by Gasteiger charge is -2.17. The van der Waals surface area contributed by atoms with Crippen LogP contribution in [0.5, 0.6) is 0 Å². The van der Waals surface area contributed by atoms with E-state index in [1.165, 1.54) is 56.2 Å². The van der Waals surface area contributed by atoms with Gasteiger partial charge in [0, 0.05) is 23.7 Å². The molecule has 1 fully saturated rings. The van der Waals surface area contributed by atoms with Crippen LogP contribution in [-0.4, -0.2) is 16.5 Å². The summed E-state index contributed by atoms with van der Waals surface area (Å²) >= 11 is 0. The average molecular weight is 287 g/mol. The Morgan fingerprint density at radius 1 is 1.05 bits per heavy atom. The van der Waals surface area contributed by atoms with Crippen molar-refractivity contribution >= 4 is 5.82 Å². The van der Waals surface area contributed by atoms with Crippen LogP contribution in [0.15, 0.2) is 0 Å². The maximum absolute atomic E-state index is 5.02. The average Bonchev–Trinajstić information content (AvgIpc) is 2.85. The van der Waals surface area contributed by atoms with Gasteiger partial charge in [-0.15, -0.1) is 0 Å². The Kier molecular flexibility index (Phi) is 4.77. The minimum absolute atomic E-state index is 0.598. The monoisotopic (exact) mass is 287 g/mol. The fraction of sp³-hybridized carbons (Fsp3) is 0.778. The van der Waals surface area contributed by atoms with E-state index in [1.54, 1.807) is 0 Å². The smallest absolute Gasteiger partial charge is 0.134 e. The van der Waals surface area contributed by atoms with E-state index in [1.807, 2.05) is 0 Å². The molecule has 1 aromatic rings. The van der Waals surface area contributed by atoms with Crippen LogP contribution >= 0.6 is 0 Å². The molecule has 2 atom stereocenters. The maximum Gasteiger partial charge on any atom is 0.134 e. The van der Waals surface area contributed by atoms with Gasteiger partial charge in [0.25, 0.3) is 0 Å². The largest absolute Gasteiger partial charge is 0.370 e. The predicted octanol–water partition coefficient (Wildman–Crippen LogP) is 4.47. The van der Waals surface area contributed by atoms with Crippen molar-refractivity contribution in [3.05, 3.63) is 17.1 Å². The highest BCUT2D eigenvalue weighted by Gasteiger charge is 2.28. The number of anilines is 1. The molecule has 0 bridgehead atoms. The molecule has 21 heavy (non-hydrogen) atoms. The third-order valence-electron chi connectivity index (χ3n) is 5.28. The van der Waals surface area contributed by atoms with Gasteiger partial charge in [-0.1, -0.05) is 19.8 Å². The molecular formula is C18H29N3. The van der Waals surface area contributed by atoms with Crippen LogP contribution in [0.3, 0.4) is 0 Å². The summed E-state index contributed by atoms with van der Waals surface area (Å²) in [5, 5.41) is 3.50. The first-order valence-corrected chi connectivity index (χ1v) is 8.95. The van der Waals surface area contributed by atoms with E-state index in [4.69, 9.17) is 9.97 Å². The highest BCUT2D eigenvalue weighted by Crippen LogP contribution is 2.39. The van der Waals surface area contributed by atoms with E-state index >= 15 is 0 Å². The summed E-state index contributed by atoms with van der Waals surface area (Å²) < 4.78 is 0. The molecular weight excluding hydrogens is 258 g/mol. The van der Waals surface area contributed by atoms with E-state index in [-0.39, 0.29) is 0 Å². The number of fused-ring (bicyclic) bond motifs is 1. The van der Waals surface area contributed by atoms with Crippen LogP contribution in [0.2, 0.25) is 0 Å². The molecule has 0 spiro atoms. The van der Waals surface area contributed by atoms with Gasteiger partial charge in [0.05, 0.1) is 0 Å². The summed E-state index contributed by atoms with van der Waals surface area (Å²) in [6, 6.07) is 0. The van der Waals surface area contributed by atoms with Gasteiger partial charge in [-0.25, -0.2) is 9.97 Å². The highest BCUT2D eigenvalue weighted by molar-refractivity contribution is 5.47. The normalized spacial score (nSPS) is 25.4. The Bertz CT molecular complexity index is 484. The van der Waals surface area contributed by atoms with Crippen LogP contribution in [0.4, 0.5) is 5.82 Å². The molecule has 116 valence electrons. The second-order valence-electron chi connectivity index (χ2n) is 6.73. The van der Waals surface area contributed by atoms with Crippen molar-refractivity contribution in [1.29, 1.82) is 0 Å². The zero-order valence-corrected chi connectivity index (χ0v) is 13.6. The summed E-state index contributed by atoms with van der Waals surface area (Å²) in [6.45, 7) is 5.42. The van der Waals surface area contributed by atoms with Gasteiger partial charge in [0.2, 0.25) is 0 Å². The first kappa shape index (κ1) is 14.8. The Morgan fingerprint density at radius 2 is 1.90 bits per heavy atom. The van der Waals surface area contributed by atoms with Crippen LogP contribution in [0.25, 0.3) is 0 Å². The summed E-state index contributed by atoms with van der Waals surface area (Å²) in [4.78, 5) is 9.96. The van der Waals surface area contributed by atoms with Crippen LogP contribution in [0.1, 0.15) is 81.8 Å². The standard InChI is InChI=1S/C18H29N3/c1-3-13-10-11-14(12-13)17-20-16-9-7-5-6-8-15(16)18(21-17)19-4-2/h13-14H,3-12H2,1-2H3,(H,19,20,21). The SMILES string of the molecule is CCNc1nc(C2CCC(CC)C2)nc2c1CCCCC2. The zero-order valence-electron chi connectivity index (χ0n) is 13.6. The fourth-order valence-electron chi connectivity index (χ4n) is 3.97. The fourth-order valence-corrected chi connectivity index (χ4v) is 3.97. The zero-order chi connectivity index (χ0) is 14.7. The van der Waals surface area contributed by atoms with Crippen LogP contribution in [0, 0.1) is 5.92 Å². The van der Waals surface area contributed by atoms with Crippen molar-refractivity contribution in [3.63, 3.8) is 0 Å². The summed E-state index contributed by atoms with van der Waals surface area (Å²) in [5.74, 6) is 3.75. The molecule has 2 aliphatic carbocycles. The maximum atomic E-state index is 5.02. The molecule has 3 rings (SSSR count). The lowest BCUT2D eigenvalue weighted by Crippen LogP contribution is -2.12. The summed E-state index contributed by atoms with van der Waals surface area (Å²) in [7, 11) is 0.